The van der Waals surface area contributed by atoms with Crippen LogP contribution in [0.2, 0.25) is 5.02 Å². The molecule has 8 heteroatoms. The third kappa shape index (κ3) is 6.23. The van der Waals surface area contributed by atoms with Crippen molar-refractivity contribution in [2.24, 2.45) is 0 Å². The van der Waals surface area contributed by atoms with E-state index in [4.69, 9.17) is 25.8 Å². The molecule has 2 amide bonds. The molecule has 0 saturated heterocycles. The van der Waals surface area contributed by atoms with Gasteiger partial charge in [-0.25, -0.2) is 9.59 Å². The maximum absolute atomic E-state index is 13.0. The number of hydrogen-bond donors (Lipinski definition) is 2. The molecular weight excluding hydrogens is 456 g/mol. The Hall–Kier alpha value is -3.19. The highest BCUT2D eigenvalue weighted by atomic mass is 35.5. The van der Waals surface area contributed by atoms with Crippen molar-refractivity contribution >= 4 is 23.6 Å². The lowest BCUT2D eigenvalue weighted by Crippen LogP contribution is -2.46. The zero-order valence-electron chi connectivity index (χ0n) is 19.9. The van der Waals surface area contributed by atoms with E-state index in [1.54, 1.807) is 26.0 Å². The van der Waals surface area contributed by atoms with Crippen LogP contribution in [-0.2, 0) is 16.1 Å². The number of carbonyl (C=O) groups excluding carboxylic acids is 2. The van der Waals surface area contributed by atoms with Crippen LogP contribution < -0.4 is 20.1 Å². The number of nitrogens with one attached hydrogen (secondary N) is 2. The number of halogens is 1. The minimum absolute atomic E-state index is 0.274. The molecule has 0 fully saturated rings. The van der Waals surface area contributed by atoms with Gasteiger partial charge in [0.1, 0.15) is 6.61 Å². The molecule has 1 unspecified atom stereocenters. The Balaban J connectivity index is 1.96. The zero-order valence-corrected chi connectivity index (χ0v) is 20.7. The van der Waals surface area contributed by atoms with Gasteiger partial charge >= 0.3 is 12.0 Å². The monoisotopic (exact) mass is 486 g/mol. The molecule has 2 aromatic carbocycles. The van der Waals surface area contributed by atoms with E-state index in [0.717, 1.165) is 12.0 Å². The normalized spacial score (nSPS) is 15.6. The lowest BCUT2D eigenvalue weighted by atomic mass is 9.93. The van der Waals surface area contributed by atoms with Gasteiger partial charge in [0.05, 0.1) is 24.3 Å². The molecule has 182 valence electrons. The predicted octanol–water partition coefficient (Wildman–Crippen LogP) is 5.68. The first-order chi connectivity index (χ1) is 16.3. The summed E-state index contributed by atoms with van der Waals surface area (Å²) in [5.74, 6) is 0.580. The highest BCUT2D eigenvalue weighted by molar-refractivity contribution is 6.31. The van der Waals surface area contributed by atoms with Gasteiger partial charge in [0.2, 0.25) is 0 Å². The third-order valence-corrected chi connectivity index (χ3v) is 5.53. The standard InChI is InChI=1S/C26H31ClN2O5/c1-5-9-20-23(25(30)34-16(3)4)24(29-26(31)28-20)17-12-13-21(22(14-17)32-6-2)33-15-18-10-7-8-11-19(18)27/h7-8,10-14,16,24H,5-6,9,15H2,1-4H3,(H2,28,29,31). The van der Waals surface area contributed by atoms with Crippen LogP contribution in [0.3, 0.4) is 0 Å². The molecule has 0 aromatic heterocycles. The van der Waals surface area contributed by atoms with E-state index in [9.17, 15) is 9.59 Å². The average molecular weight is 487 g/mol. The van der Waals surface area contributed by atoms with Crippen molar-refractivity contribution in [1.82, 2.24) is 10.6 Å². The van der Waals surface area contributed by atoms with Crippen LogP contribution in [0.15, 0.2) is 53.7 Å². The zero-order chi connectivity index (χ0) is 24.7. The van der Waals surface area contributed by atoms with E-state index in [-0.39, 0.29) is 18.7 Å². The fraction of sp³-hybridized carbons (Fsp3) is 0.385. The number of ether oxygens (including phenoxy) is 3. The van der Waals surface area contributed by atoms with Gasteiger partial charge in [-0.05, 0) is 51.0 Å². The van der Waals surface area contributed by atoms with Crippen LogP contribution in [0.1, 0.15) is 57.7 Å². The summed E-state index contributed by atoms with van der Waals surface area (Å²) >= 11 is 6.25. The lowest BCUT2D eigenvalue weighted by molar-refractivity contribution is -0.143. The molecular formula is C26H31ClN2O5. The largest absolute Gasteiger partial charge is 0.490 e. The number of benzene rings is 2. The fourth-order valence-corrected chi connectivity index (χ4v) is 3.89. The predicted molar refractivity (Wildman–Crippen MR) is 131 cm³/mol. The molecule has 34 heavy (non-hydrogen) atoms. The first-order valence-corrected chi connectivity index (χ1v) is 11.9. The Bertz CT molecular complexity index is 1070. The maximum Gasteiger partial charge on any atom is 0.338 e. The summed E-state index contributed by atoms with van der Waals surface area (Å²) in [6, 6.07) is 11.8. The second kappa shape index (κ2) is 11.8. The van der Waals surface area contributed by atoms with E-state index >= 15 is 0 Å². The number of esters is 1. The topological polar surface area (TPSA) is 85.9 Å². The molecule has 0 bridgehead atoms. The minimum Gasteiger partial charge on any atom is -0.490 e. The lowest BCUT2D eigenvalue weighted by Gasteiger charge is -2.30. The Morgan fingerprint density at radius 1 is 1.09 bits per heavy atom. The smallest absolute Gasteiger partial charge is 0.338 e. The Morgan fingerprint density at radius 2 is 1.85 bits per heavy atom. The summed E-state index contributed by atoms with van der Waals surface area (Å²) in [7, 11) is 0. The van der Waals surface area contributed by atoms with Crippen LogP contribution >= 0.6 is 11.6 Å². The van der Waals surface area contributed by atoms with Crippen LogP contribution in [0.5, 0.6) is 11.5 Å². The summed E-state index contributed by atoms with van der Waals surface area (Å²) in [4.78, 5) is 25.4. The summed E-state index contributed by atoms with van der Waals surface area (Å²) in [6.45, 7) is 8.14. The van der Waals surface area contributed by atoms with E-state index in [0.29, 0.717) is 46.4 Å². The Kier molecular flexibility index (Phi) is 8.82. The van der Waals surface area contributed by atoms with Gasteiger partial charge in [-0.1, -0.05) is 49.2 Å². The van der Waals surface area contributed by atoms with E-state index in [1.807, 2.05) is 44.2 Å². The van der Waals surface area contributed by atoms with Gasteiger partial charge in [0.15, 0.2) is 11.5 Å². The SMILES string of the molecule is CCCC1=C(C(=O)OC(C)C)C(c2ccc(OCc3ccccc3Cl)c(OCC)c2)NC(=O)N1. The molecule has 0 radical (unpaired) electrons. The molecule has 0 spiro atoms. The average Bonchev–Trinajstić information content (AvgIpc) is 2.78. The van der Waals surface area contributed by atoms with Crippen LogP contribution in [0.4, 0.5) is 4.79 Å². The quantitative estimate of drug-likeness (QED) is 0.422. The second-order valence-electron chi connectivity index (χ2n) is 8.15. The fourth-order valence-electron chi connectivity index (χ4n) is 3.70. The molecule has 1 atom stereocenters. The summed E-state index contributed by atoms with van der Waals surface area (Å²) in [5.41, 5.74) is 2.50. The summed E-state index contributed by atoms with van der Waals surface area (Å²) in [5, 5.41) is 6.25. The Morgan fingerprint density at radius 3 is 2.53 bits per heavy atom. The molecule has 1 aliphatic heterocycles. The first-order valence-electron chi connectivity index (χ1n) is 11.5. The third-order valence-electron chi connectivity index (χ3n) is 5.16. The van der Waals surface area contributed by atoms with Gasteiger partial charge in [-0.15, -0.1) is 0 Å². The molecule has 1 aliphatic rings. The van der Waals surface area contributed by atoms with Crippen molar-refractivity contribution in [3.63, 3.8) is 0 Å². The van der Waals surface area contributed by atoms with Crippen LogP contribution in [0.25, 0.3) is 0 Å². The molecule has 1 heterocycles. The second-order valence-corrected chi connectivity index (χ2v) is 8.55. The number of rotatable bonds is 10. The number of urea groups is 1. The van der Waals surface area contributed by atoms with Crippen LogP contribution in [-0.4, -0.2) is 24.7 Å². The van der Waals surface area contributed by atoms with Gasteiger partial charge in [0, 0.05) is 16.3 Å². The molecule has 0 aliphatic carbocycles. The minimum atomic E-state index is -0.682. The van der Waals surface area contributed by atoms with Gasteiger partial charge < -0.3 is 24.8 Å². The summed E-state index contributed by atoms with van der Waals surface area (Å²) < 4.78 is 17.3. The molecule has 2 N–H and O–H groups in total. The number of hydrogen-bond acceptors (Lipinski definition) is 5. The van der Waals surface area contributed by atoms with Crippen molar-refractivity contribution < 1.29 is 23.8 Å². The summed E-state index contributed by atoms with van der Waals surface area (Å²) in [6.07, 6.45) is 1.02. The maximum atomic E-state index is 13.0. The molecule has 3 rings (SSSR count). The molecule has 0 saturated carbocycles. The van der Waals surface area contributed by atoms with Gasteiger partial charge in [-0.2, -0.15) is 0 Å². The van der Waals surface area contributed by atoms with Gasteiger partial charge in [-0.3, -0.25) is 0 Å². The Labute approximate surface area is 205 Å². The van der Waals surface area contributed by atoms with Crippen molar-refractivity contribution in [1.29, 1.82) is 0 Å². The highest BCUT2D eigenvalue weighted by Crippen LogP contribution is 2.36. The van der Waals surface area contributed by atoms with E-state index in [2.05, 4.69) is 10.6 Å². The first kappa shape index (κ1) is 25.4. The van der Waals surface area contributed by atoms with Crippen molar-refractivity contribution in [2.75, 3.05) is 6.61 Å². The molecule has 2 aromatic rings. The van der Waals surface area contributed by atoms with Gasteiger partial charge in [0.25, 0.3) is 0 Å². The number of allylic oxidation sites excluding steroid dienone is 1. The van der Waals surface area contributed by atoms with Crippen molar-refractivity contribution in [3.8, 4) is 11.5 Å². The number of carbonyl (C=O) groups is 2. The van der Waals surface area contributed by atoms with E-state index in [1.165, 1.54) is 0 Å². The highest BCUT2D eigenvalue weighted by Gasteiger charge is 2.34. The molecule has 7 nitrogen and oxygen atoms in total. The van der Waals surface area contributed by atoms with E-state index < -0.39 is 12.0 Å². The van der Waals surface area contributed by atoms with Crippen molar-refractivity contribution in [3.05, 3.63) is 69.9 Å². The number of amides is 2. The van der Waals surface area contributed by atoms with Crippen molar-refractivity contribution in [2.45, 2.75) is 59.3 Å². The van der Waals surface area contributed by atoms with Crippen LogP contribution in [0, 0.1) is 0 Å².